The molecule has 90 valence electrons. The van der Waals surface area contributed by atoms with Gasteiger partial charge in [0, 0.05) is 24.5 Å². The summed E-state index contributed by atoms with van der Waals surface area (Å²) in [6.07, 6.45) is 4.20. The lowest BCUT2D eigenvalue weighted by atomic mass is 10.0. The average molecular weight is 278 g/mol. The van der Waals surface area contributed by atoms with Crippen LogP contribution in [0, 0.1) is 5.92 Å². The van der Waals surface area contributed by atoms with Crippen molar-refractivity contribution in [2.75, 3.05) is 25.5 Å². The first-order valence-corrected chi connectivity index (χ1v) is 7.19. The molecule has 1 rings (SSSR count). The van der Waals surface area contributed by atoms with E-state index in [2.05, 4.69) is 41.7 Å². The third-order valence-electron chi connectivity index (χ3n) is 3.36. The predicted molar refractivity (Wildman–Crippen MR) is 68.6 cm³/mol. The zero-order valence-corrected chi connectivity index (χ0v) is 11.8. The number of hydrogen-bond donors (Lipinski definition) is 0. The van der Waals surface area contributed by atoms with Gasteiger partial charge in [0.1, 0.15) is 0 Å². The topological polar surface area (TPSA) is 12.5 Å². The molecule has 1 aliphatic heterocycles. The second-order valence-electron chi connectivity index (χ2n) is 4.68. The van der Waals surface area contributed by atoms with Gasteiger partial charge in [0.05, 0.1) is 6.10 Å². The summed E-state index contributed by atoms with van der Waals surface area (Å²) in [4.78, 5) is 2.49. The van der Waals surface area contributed by atoms with E-state index in [4.69, 9.17) is 4.74 Å². The zero-order chi connectivity index (χ0) is 11.3. The molecule has 0 amide bonds. The van der Waals surface area contributed by atoms with E-state index >= 15 is 0 Å². The second kappa shape index (κ2) is 6.87. The highest BCUT2D eigenvalue weighted by Gasteiger charge is 2.28. The number of alkyl halides is 1. The van der Waals surface area contributed by atoms with Crippen LogP contribution in [-0.4, -0.2) is 42.6 Å². The van der Waals surface area contributed by atoms with Crippen molar-refractivity contribution in [1.82, 2.24) is 4.90 Å². The van der Waals surface area contributed by atoms with Crippen molar-refractivity contribution in [2.45, 2.75) is 45.3 Å². The third-order valence-corrected chi connectivity index (χ3v) is 4.28. The number of hydrogen-bond acceptors (Lipinski definition) is 2. The first kappa shape index (κ1) is 13.5. The maximum Gasteiger partial charge on any atom is 0.0702 e. The molecule has 1 fully saturated rings. The van der Waals surface area contributed by atoms with Crippen LogP contribution in [0.15, 0.2) is 0 Å². The lowest BCUT2D eigenvalue weighted by Crippen LogP contribution is -2.40. The predicted octanol–water partition coefficient (Wildman–Crippen LogP) is 2.91. The van der Waals surface area contributed by atoms with Crippen LogP contribution in [0.25, 0.3) is 0 Å². The Hall–Kier alpha value is 0.400. The quantitative estimate of drug-likeness (QED) is 0.693. The lowest BCUT2D eigenvalue weighted by molar-refractivity contribution is 0.0789. The Kier molecular flexibility index (Phi) is 6.17. The molecule has 3 unspecified atom stereocenters. The average Bonchev–Trinajstić information content (AvgIpc) is 2.63. The number of ether oxygens (including phenoxy) is 1. The number of rotatable bonds is 6. The molecule has 1 aliphatic rings. The Bertz CT molecular complexity index is 177. The van der Waals surface area contributed by atoms with E-state index in [1.165, 1.54) is 25.8 Å². The van der Waals surface area contributed by atoms with E-state index in [-0.39, 0.29) is 0 Å². The summed E-state index contributed by atoms with van der Waals surface area (Å²) in [5.41, 5.74) is 0. The van der Waals surface area contributed by atoms with Gasteiger partial charge in [-0.25, -0.2) is 0 Å². The van der Waals surface area contributed by atoms with E-state index < -0.39 is 0 Å². The minimum atomic E-state index is 0.410. The van der Waals surface area contributed by atoms with Gasteiger partial charge in [0.2, 0.25) is 0 Å². The number of nitrogens with zero attached hydrogens (tertiary/aromatic N) is 1. The molecule has 0 N–H and O–H groups in total. The molecule has 1 heterocycles. The standard InChI is InChI=1S/C12H24BrNO/c1-4-5-11(8-13)9-14(3)12-6-7-15-10(12)2/h10-12H,4-9H2,1-3H3. The van der Waals surface area contributed by atoms with Crippen molar-refractivity contribution >= 4 is 15.9 Å². The van der Waals surface area contributed by atoms with Gasteiger partial charge in [-0.05, 0) is 32.7 Å². The van der Waals surface area contributed by atoms with Crippen LogP contribution in [0.4, 0.5) is 0 Å². The molecule has 0 saturated carbocycles. The van der Waals surface area contributed by atoms with E-state index in [0.717, 1.165) is 17.9 Å². The Morgan fingerprint density at radius 2 is 2.27 bits per heavy atom. The van der Waals surface area contributed by atoms with Gasteiger partial charge in [0.25, 0.3) is 0 Å². The van der Waals surface area contributed by atoms with Crippen LogP contribution >= 0.6 is 15.9 Å². The molecule has 0 aliphatic carbocycles. The van der Waals surface area contributed by atoms with Gasteiger partial charge < -0.3 is 9.64 Å². The van der Waals surface area contributed by atoms with Crippen molar-refractivity contribution in [3.63, 3.8) is 0 Å². The summed E-state index contributed by atoms with van der Waals surface area (Å²) in [5, 5.41) is 1.12. The summed E-state index contributed by atoms with van der Waals surface area (Å²) in [7, 11) is 2.24. The molecule has 2 nitrogen and oxygen atoms in total. The smallest absolute Gasteiger partial charge is 0.0702 e. The first-order valence-electron chi connectivity index (χ1n) is 6.06. The van der Waals surface area contributed by atoms with Crippen LogP contribution in [0.3, 0.4) is 0 Å². The number of halogens is 1. The minimum Gasteiger partial charge on any atom is -0.377 e. The molecule has 0 aromatic heterocycles. The van der Waals surface area contributed by atoms with E-state index in [1.54, 1.807) is 0 Å². The first-order chi connectivity index (χ1) is 7.19. The monoisotopic (exact) mass is 277 g/mol. The van der Waals surface area contributed by atoms with Gasteiger partial charge in [-0.3, -0.25) is 0 Å². The molecule has 0 aromatic rings. The SMILES string of the molecule is CCCC(CBr)CN(C)C1CCOC1C. The summed E-state index contributed by atoms with van der Waals surface area (Å²) in [6, 6.07) is 0.628. The summed E-state index contributed by atoms with van der Waals surface area (Å²) in [6.45, 7) is 6.58. The van der Waals surface area contributed by atoms with Crippen molar-refractivity contribution < 1.29 is 4.74 Å². The molecule has 0 bridgehead atoms. The van der Waals surface area contributed by atoms with Crippen molar-refractivity contribution in [1.29, 1.82) is 0 Å². The fourth-order valence-corrected chi connectivity index (χ4v) is 3.00. The summed E-state index contributed by atoms with van der Waals surface area (Å²) < 4.78 is 5.61. The van der Waals surface area contributed by atoms with Gasteiger partial charge in [-0.15, -0.1) is 0 Å². The highest BCUT2D eigenvalue weighted by Crippen LogP contribution is 2.20. The Morgan fingerprint density at radius 3 is 2.73 bits per heavy atom. The van der Waals surface area contributed by atoms with Crippen LogP contribution in [0.2, 0.25) is 0 Å². The molecular weight excluding hydrogens is 254 g/mol. The molecule has 0 aromatic carbocycles. The van der Waals surface area contributed by atoms with E-state index in [9.17, 15) is 0 Å². The van der Waals surface area contributed by atoms with Crippen LogP contribution < -0.4 is 0 Å². The van der Waals surface area contributed by atoms with Crippen LogP contribution in [0.1, 0.15) is 33.1 Å². The summed E-state index contributed by atoms with van der Waals surface area (Å²) in [5.74, 6) is 0.785. The Labute approximate surface area is 102 Å². The molecular formula is C12H24BrNO. The molecule has 1 saturated heterocycles. The maximum atomic E-state index is 5.61. The maximum absolute atomic E-state index is 5.61. The molecule has 0 radical (unpaired) electrons. The lowest BCUT2D eigenvalue weighted by Gasteiger charge is -2.29. The number of likely N-dealkylation sites (N-methyl/N-ethyl adjacent to an activating group) is 1. The van der Waals surface area contributed by atoms with E-state index in [1.807, 2.05) is 0 Å². The Balaban J connectivity index is 2.35. The van der Waals surface area contributed by atoms with Gasteiger partial charge >= 0.3 is 0 Å². The molecule has 0 spiro atoms. The van der Waals surface area contributed by atoms with Gasteiger partial charge in [-0.1, -0.05) is 29.3 Å². The fraction of sp³-hybridized carbons (Fsp3) is 1.00. The van der Waals surface area contributed by atoms with E-state index in [0.29, 0.717) is 12.1 Å². The van der Waals surface area contributed by atoms with Crippen molar-refractivity contribution in [2.24, 2.45) is 5.92 Å². The highest BCUT2D eigenvalue weighted by molar-refractivity contribution is 9.09. The largest absolute Gasteiger partial charge is 0.377 e. The zero-order valence-electron chi connectivity index (χ0n) is 10.2. The highest BCUT2D eigenvalue weighted by atomic mass is 79.9. The van der Waals surface area contributed by atoms with Crippen molar-refractivity contribution in [3.8, 4) is 0 Å². The normalized spacial score (nSPS) is 28.6. The molecule has 3 atom stereocenters. The third kappa shape index (κ3) is 4.04. The Morgan fingerprint density at radius 1 is 1.53 bits per heavy atom. The molecule has 3 heteroatoms. The van der Waals surface area contributed by atoms with Crippen molar-refractivity contribution in [3.05, 3.63) is 0 Å². The second-order valence-corrected chi connectivity index (χ2v) is 5.33. The molecule has 15 heavy (non-hydrogen) atoms. The van der Waals surface area contributed by atoms with Gasteiger partial charge in [-0.2, -0.15) is 0 Å². The fourth-order valence-electron chi connectivity index (χ4n) is 2.47. The van der Waals surface area contributed by atoms with Crippen LogP contribution in [-0.2, 0) is 4.74 Å². The van der Waals surface area contributed by atoms with Crippen LogP contribution in [0.5, 0.6) is 0 Å². The van der Waals surface area contributed by atoms with Gasteiger partial charge in [0.15, 0.2) is 0 Å². The minimum absolute atomic E-state index is 0.410. The summed E-state index contributed by atoms with van der Waals surface area (Å²) >= 11 is 3.61.